The van der Waals surface area contributed by atoms with Crippen LogP contribution in [0.4, 0.5) is 5.69 Å². The second kappa shape index (κ2) is 7.86. The third kappa shape index (κ3) is 3.45. The van der Waals surface area contributed by atoms with Gasteiger partial charge in [0.15, 0.2) is 0 Å². The molecule has 32 heavy (non-hydrogen) atoms. The molecule has 8 heteroatoms. The third-order valence-electron chi connectivity index (χ3n) is 5.82. The van der Waals surface area contributed by atoms with E-state index in [1.54, 1.807) is 24.4 Å². The Bertz CT molecular complexity index is 1490. The number of nitriles is 1. The van der Waals surface area contributed by atoms with E-state index in [9.17, 15) is 13.7 Å². The normalized spacial score (nSPS) is 15.2. The minimum Gasteiger partial charge on any atom is -0.368 e. The van der Waals surface area contributed by atoms with E-state index in [4.69, 9.17) is 0 Å². The van der Waals surface area contributed by atoms with Crippen molar-refractivity contribution in [3.63, 3.8) is 0 Å². The molecule has 2 aromatic heterocycles. The number of hydrogen-bond donors (Lipinski definition) is 0. The summed E-state index contributed by atoms with van der Waals surface area (Å²) in [4.78, 5) is 11.1. The van der Waals surface area contributed by atoms with Gasteiger partial charge in [-0.25, -0.2) is 13.4 Å². The van der Waals surface area contributed by atoms with Gasteiger partial charge in [0.25, 0.3) is 0 Å². The Balaban J connectivity index is 1.45. The Morgan fingerprint density at radius 2 is 1.78 bits per heavy atom. The van der Waals surface area contributed by atoms with Gasteiger partial charge in [0.2, 0.25) is 10.0 Å². The number of nitrogens with zero attached hydrogens (tertiary/aromatic N) is 5. The van der Waals surface area contributed by atoms with Crippen LogP contribution >= 0.6 is 0 Å². The SMILES string of the molecule is Cc1cnc2c(S(=O)(=O)N3CCN(c4cc(C#N)nc5ccccc45)CC3)cccc2c1. The molecular formula is C24H21N5O2S. The minimum absolute atomic E-state index is 0.240. The van der Waals surface area contributed by atoms with Crippen LogP contribution in [0.3, 0.4) is 0 Å². The zero-order valence-corrected chi connectivity index (χ0v) is 18.4. The molecular weight excluding hydrogens is 422 g/mol. The van der Waals surface area contributed by atoms with Crippen molar-refractivity contribution < 1.29 is 8.42 Å². The fraction of sp³-hybridized carbons (Fsp3) is 0.208. The molecule has 1 fully saturated rings. The summed E-state index contributed by atoms with van der Waals surface area (Å²) >= 11 is 0. The first-order valence-corrected chi connectivity index (χ1v) is 11.8. The van der Waals surface area contributed by atoms with Gasteiger partial charge in [-0.1, -0.05) is 30.3 Å². The van der Waals surface area contributed by atoms with Crippen molar-refractivity contribution in [2.75, 3.05) is 31.1 Å². The number of rotatable bonds is 3. The lowest BCUT2D eigenvalue weighted by molar-refractivity contribution is 0.385. The first-order chi connectivity index (χ1) is 15.5. The van der Waals surface area contributed by atoms with Crippen molar-refractivity contribution in [1.29, 1.82) is 5.26 Å². The van der Waals surface area contributed by atoms with E-state index in [1.807, 2.05) is 43.3 Å². The number of aromatic nitrogens is 2. The van der Waals surface area contributed by atoms with Crippen LogP contribution in [0.25, 0.3) is 21.8 Å². The standard InChI is InChI=1S/C24H21N5O2S/c1-17-13-18-5-4-8-23(24(18)26-16-17)32(30,31)29-11-9-28(10-12-29)22-14-19(15-25)27-21-7-3-2-6-20(21)22/h2-8,13-14,16H,9-12H2,1H3. The van der Waals surface area contributed by atoms with E-state index in [0.29, 0.717) is 37.4 Å². The van der Waals surface area contributed by atoms with Gasteiger partial charge in [0, 0.05) is 48.8 Å². The highest BCUT2D eigenvalue weighted by molar-refractivity contribution is 7.89. The zero-order chi connectivity index (χ0) is 22.3. The maximum atomic E-state index is 13.5. The number of piperazine rings is 1. The van der Waals surface area contributed by atoms with Crippen LogP contribution in [0, 0.1) is 18.3 Å². The van der Waals surface area contributed by atoms with Crippen molar-refractivity contribution in [2.45, 2.75) is 11.8 Å². The van der Waals surface area contributed by atoms with Gasteiger partial charge >= 0.3 is 0 Å². The van der Waals surface area contributed by atoms with E-state index >= 15 is 0 Å². The van der Waals surface area contributed by atoms with Crippen molar-refractivity contribution >= 4 is 37.5 Å². The molecule has 0 radical (unpaired) electrons. The molecule has 0 unspecified atom stereocenters. The van der Waals surface area contributed by atoms with Crippen LogP contribution in [-0.2, 0) is 10.0 Å². The van der Waals surface area contributed by atoms with E-state index < -0.39 is 10.0 Å². The highest BCUT2D eigenvalue weighted by atomic mass is 32.2. The molecule has 1 saturated heterocycles. The lowest BCUT2D eigenvalue weighted by atomic mass is 10.1. The lowest BCUT2D eigenvalue weighted by Crippen LogP contribution is -2.48. The Labute approximate surface area is 186 Å². The molecule has 7 nitrogen and oxygen atoms in total. The molecule has 0 bridgehead atoms. The summed E-state index contributed by atoms with van der Waals surface area (Å²) in [5.41, 5.74) is 3.51. The molecule has 5 rings (SSSR count). The predicted octanol–water partition coefficient (Wildman–Crippen LogP) is 3.47. The van der Waals surface area contributed by atoms with Crippen molar-refractivity contribution in [2.24, 2.45) is 0 Å². The maximum absolute atomic E-state index is 13.5. The van der Waals surface area contributed by atoms with Gasteiger partial charge in [0.1, 0.15) is 16.7 Å². The summed E-state index contributed by atoms with van der Waals surface area (Å²) in [7, 11) is -3.68. The Kier molecular flexibility index (Phi) is 5.00. The highest BCUT2D eigenvalue weighted by Crippen LogP contribution is 2.30. The van der Waals surface area contributed by atoms with E-state index in [1.165, 1.54) is 4.31 Å². The quantitative estimate of drug-likeness (QED) is 0.482. The molecule has 160 valence electrons. The third-order valence-corrected chi connectivity index (χ3v) is 7.75. The molecule has 0 amide bonds. The second-order valence-corrected chi connectivity index (χ2v) is 9.79. The summed E-state index contributed by atoms with van der Waals surface area (Å²) in [5, 5.41) is 11.1. The number of para-hydroxylation sites is 2. The molecule has 0 saturated carbocycles. The summed E-state index contributed by atoms with van der Waals surface area (Å²) in [6.07, 6.45) is 1.70. The zero-order valence-electron chi connectivity index (χ0n) is 17.6. The van der Waals surface area contributed by atoms with Crippen molar-refractivity contribution in [3.8, 4) is 6.07 Å². The molecule has 0 atom stereocenters. The Morgan fingerprint density at radius 1 is 1.00 bits per heavy atom. The Morgan fingerprint density at radius 3 is 2.56 bits per heavy atom. The number of hydrogen-bond acceptors (Lipinski definition) is 6. The first kappa shape index (κ1) is 20.4. The minimum atomic E-state index is -3.68. The number of sulfonamides is 1. The van der Waals surface area contributed by atoms with Crippen molar-refractivity contribution in [3.05, 3.63) is 72.1 Å². The van der Waals surface area contributed by atoms with E-state index in [2.05, 4.69) is 20.9 Å². The number of fused-ring (bicyclic) bond motifs is 2. The van der Waals surface area contributed by atoms with Gasteiger partial charge in [0.05, 0.1) is 11.0 Å². The number of benzene rings is 2. The Hall–Kier alpha value is -3.54. The largest absolute Gasteiger partial charge is 0.368 e. The van der Waals surface area contributed by atoms with Crippen LogP contribution in [0.15, 0.2) is 65.7 Å². The van der Waals surface area contributed by atoms with Crippen molar-refractivity contribution in [1.82, 2.24) is 14.3 Å². The van der Waals surface area contributed by atoms with Crippen LogP contribution < -0.4 is 4.90 Å². The predicted molar refractivity (Wildman–Crippen MR) is 124 cm³/mol. The van der Waals surface area contributed by atoms with Gasteiger partial charge < -0.3 is 4.90 Å². The topological polar surface area (TPSA) is 90.2 Å². The first-order valence-electron chi connectivity index (χ1n) is 10.4. The van der Waals surface area contributed by atoms with E-state index in [0.717, 1.165) is 27.5 Å². The molecule has 0 N–H and O–H groups in total. The molecule has 4 aromatic rings. The fourth-order valence-corrected chi connectivity index (χ4v) is 5.82. The smallest absolute Gasteiger partial charge is 0.245 e. The maximum Gasteiger partial charge on any atom is 0.245 e. The van der Waals surface area contributed by atoms with Gasteiger partial charge in [-0.2, -0.15) is 9.57 Å². The van der Waals surface area contributed by atoms with Crippen LogP contribution in [0.1, 0.15) is 11.3 Å². The average molecular weight is 444 g/mol. The molecule has 2 aromatic carbocycles. The van der Waals surface area contributed by atoms with Crippen LogP contribution in [0.5, 0.6) is 0 Å². The summed E-state index contributed by atoms with van der Waals surface area (Å²) in [5.74, 6) is 0. The number of pyridine rings is 2. The summed E-state index contributed by atoms with van der Waals surface area (Å²) < 4.78 is 28.4. The molecule has 0 spiro atoms. The summed E-state index contributed by atoms with van der Waals surface area (Å²) in [6.45, 7) is 3.68. The molecule has 0 aliphatic carbocycles. The monoisotopic (exact) mass is 443 g/mol. The molecule has 1 aliphatic rings. The van der Waals surface area contributed by atoms with Gasteiger partial charge in [-0.3, -0.25) is 4.98 Å². The van der Waals surface area contributed by atoms with Crippen LogP contribution in [-0.4, -0.2) is 48.9 Å². The van der Waals surface area contributed by atoms with Crippen LogP contribution in [0.2, 0.25) is 0 Å². The van der Waals surface area contributed by atoms with Gasteiger partial charge in [-0.15, -0.1) is 0 Å². The number of anilines is 1. The molecule has 3 heterocycles. The summed E-state index contributed by atoms with van der Waals surface area (Å²) in [6, 6.07) is 18.8. The van der Waals surface area contributed by atoms with E-state index in [-0.39, 0.29) is 4.90 Å². The molecule has 1 aliphatic heterocycles. The van der Waals surface area contributed by atoms with Gasteiger partial charge in [-0.05, 0) is 36.8 Å². The average Bonchev–Trinajstić information content (AvgIpc) is 2.82. The lowest BCUT2D eigenvalue weighted by Gasteiger charge is -2.36. The number of aryl methyl sites for hydroxylation is 1. The fourth-order valence-electron chi connectivity index (χ4n) is 4.24. The highest BCUT2D eigenvalue weighted by Gasteiger charge is 2.30. The second-order valence-electron chi connectivity index (χ2n) is 7.89.